The lowest BCUT2D eigenvalue weighted by molar-refractivity contribution is 0.0954. The minimum atomic E-state index is -0.453. The first-order valence-electron chi connectivity index (χ1n) is 5.94. The second-order valence-electron chi connectivity index (χ2n) is 4.12. The van der Waals surface area contributed by atoms with Crippen molar-refractivity contribution in [3.63, 3.8) is 0 Å². The van der Waals surface area contributed by atoms with Gasteiger partial charge in [0.05, 0.1) is 10.6 Å². The van der Waals surface area contributed by atoms with E-state index in [4.69, 9.17) is 11.6 Å². The Morgan fingerprint density at radius 1 is 1.16 bits per heavy atom. The molecule has 0 aliphatic carbocycles. The van der Waals surface area contributed by atoms with Crippen molar-refractivity contribution in [2.45, 2.75) is 6.42 Å². The van der Waals surface area contributed by atoms with Crippen LogP contribution in [0.5, 0.6) is 0 Å². The van der Waals surface area contributed by atoms with Crippen molar-refractivity contribution in [1.29, 1.82) is 0 Å². The van der Waals surface area contributed by atoms with Gasteiger partial charge < -0.3 is 5.32 Å². The van der Waals surface area contributed by atoms with Crippen molar-refractivity contribution in [3.05, 3.63) is 70.5 Å². The summed E-state index contributed by atoms with van der Waals surface area (Å²) in [6.07, 6.45) is 0.741. The molecule has 0 aromatic heterocycles. The van der Waals surface area contributed by atoms with Crippen LogP contribution in [0.2, 0.25) is 5.02 Å². The van der Waals surface area contributed by atoms with Crippen molar-refractivity contribution in [2.24, 2.45) is 0 Å². The van der Waals surface area contributed by atoms with E-state index in [2.05, 4.69) is 5.32 Å². The van der Waals surface area contributed by atoms with E-state index in [-0.39, 0.29) is 16.5 Å². The molecule has 0 bridgehead atoms. The fourth-order valence-corrected chi connectivity index (χ4v) is 1.99. The molecule has 0 radical (unpaired) electrons. The number of benzene rings is 2. The largest absolute Gasteiger partial charge is 0.352 e. The number of halogens is 2. The van der Waals surface area contributed by atoms with Crippen molar-refractivity contribution in [3.8, 4) is 0 Å². The Morgan fingerprint density at radius 3 is 2.58 bits per heavy atom. The summed E-state index contributed by atoms with van der Waals surface area (Å²) >= 11 is 5.82. The number of carbonyl (C=O) groups excluding carboxylic acids is 1. The number of hydrogen-bond donors (Lipinski definition) is 1. The average Bonchev–Trinajstić information content (AvgIpc) is 2.39. The first-order valence-corrected chi connectivity index (χ1v) is 6.32. The lowest BCUT2D eigenvalue weighted by Gasteiger charge is -2.07. The lowest BCUT2D eigenvalue weighted by atomic mass is 10.1. The van der Waals surface area contributed by atoms with Gasteiger partial charge in [0.2, 0.25) is 0 Å². The van der Waals surface area contributed by atoms with E-state index < -0.39 is 5.82 Å². The molecule has 2 aromatic rings. The molecule has 1 N–H and O–H groups in total. The molecule has 2 aromatic carbocycles. The van der Waals surface area contributed by atoms with Crippen molar-refractivity contribution >= 4 is 17.5 Å². The monoisotopic (exact) mass is 277 g/mol. The molecule has 1 amide bonds. The number of hydrogen-bond acceptors (Lipinski definition) is 1. The molecule has 0 saturated carbocycles. The van der Waals surface area contributed by atoms with Gasteiger partial charge in [-0.05, 0) is 30.2 Å². The van der Waals surface area contributed by atoms with Crippen LogP contribution in [0.1, 0.15) is 15.9 Å². The smallest absolute Gasteiger partial charge is 0.252 e. The summed E-state index contributed by atoms with van der Waals surface area (Å²) in [7, 11) is 0. The topological polar surface area (TPSA) is 29.1 Å². The average molecular weight is 278 g/mol. The van der Waals surface area contributed by atoms with Gasteiger partial charge in [-0.3, -0.25) is 4.79 Å². The Labute approximate surface area is 116 Å². The molecule has 2 nitrogen and oxygen atoms in total. The highest BCUT2D eigenvalue weighted by molar-refractivity contribution is 6.33. The molecule has 0 aliphatic heterocycles. The van der Waals surface area contributed by atoms with Crippen LogP contribution in [-0.2, 0) is 6.42 Å². The Balaban J connectivity index is 1.91. The molecule has 19 heavy (non-hydrogen) atoms. The van der Waals surface area contributed by atoms with Crippen LogP contribution in [-0.4, -0.2) is 12.5 Å². The number of amides is 1. The SMILES string of the molecule is O=C(NCCc1ccccc1)c1ccc(F)cc1Cl. The summed E-state index contributed by atoms with van der Waals surface area (Å²) in [6, 6.07) is 13.6. The highest BCUT2D eigenvalue weighted by Gasteiger charge is 2.10. The molecular weight excluding hydrogens is 265 g/mol. The van der Waals surface area contributed by atoms with Crippen LogP contribution >= 0.6 is 11.6 Å². The van der Waals surface area contributed by atoms with Gasteiger partial charge in [-0.15, -0.1) is 0 Å². The highest BCUT2D eigenvalue weighted by Crippen LogP contribution is 2.16. The molecule has 0 fully saturated rings. The Morgan fingerprint density at radius 2 is 1.89 bits per heavy atom. The van der Waals surface area contributed by atoms with Gasteiger partial charge in [-0.1, -0.05) is 41.9 Å². The van der Waals surface area contributed by atoms with Crippen molar-refractivity contribution in [1.82, 2.24) is 5.32 Å². The quantitative estimate of drug-likeness (QED) is 0.911. The number of rotatable bonds is 4. The van der Waals surface area contributed by atoms with E-state index >= 15 is 0 Å². The van der Waals surface area contributed by atoms with Gasteiger partial charge in [0, 0.05) is 6.54 Å². The normalized spacial score (nSPS) is 10.2. The molecule has 0 atom stereocenters. The predicted molar refractivity (Wildman–Crippen MR) is 73.9 cm³/mol. The van der Waals surface area contributed by atoms with Crippen LogP contribution in [0.3, 0.4) is 0 Å². The minimum absolute atomic E-state index is 0.122. The summed E-state index contributed by atoms with van der Waals surface area (Å²) in [6.45, 7) is 0.510. The zero-order valence-corrected chi connectivity index (χ0v) is 11.0. The Bertz CT molecular complexity index is 572. The highest BCUT2D eigenvalue weighted by atomic mass is 35.5. The van der Waals surface area contributed by atoms with Crippen LogP contribution < -0.4 is 5.32 Å². The number of nitrogens with one attached hydrogen (secondary N) is 1. The molecule has 0 unspecified atom stereocenters. The maximum absolute atomic E-state index is 12.9. The van der Waals surface area contributed by atoms with E-state index in [1.54, 1.807) is 0 Å². The molecule has 2 rings (SSSR count). The second-order valence-corrected chi connectivity index (χ2v) is 4.52. The summed E-state index contributed by atoms with van der Waals surface area (Å²) in [5.74, 6) is -0.744. The third kappa shape index (κ3) is 3.80. The van der Waals surface area contributed by atoms with Crippen LogP contribution in [0.15, 0.2) is 48.5 Å². The minimum Gasteiger partial charge on any atom is -0.352 e. The maximum atomic E-state index is 12.9. The van der Waals surface area contributed by atoms with E-state index in [1.165, 1.54) is 12.1 Å². The van der Waals surface area contributed by atoms with Gasteiger partial charge in [0.15, 0.2) is 0 Å². The van der Waals surface area contributed by atoms with E-state index in [0.717, 1.165) is 18.1 Å². The maximum Gasteiger partial charge on any atom is 0.252 e. The molecule has 98 valence electrons. The van der Waals surface area contributed by atoms with Gasteiger partial charge in [0.1, 0.15) is 5.82 Å². The third-order valence-corrected chi connectivity index (χ3v) is 3.03. The Kier molecular flexibility index (Phi) is 4.53. The summed E-state index contributed by atoms with van der Waals surface area (Å²) in [5.41, 5.74) is 1.43. The van der Waals surface area contributed by atoms with E-state index in [0.29, 0.717) is 6.54 Å². The molecule has 0 saturated heterocycles. The third-order valence-electron chi connectivity index (χ3n) is 2.72. The van der Waals surface area contributed by atoms with Crippen molar-refractivity contribution < 1.29 is 9.18 Å². The van der Waals surface area contributed by atoms with Crippen LogP contribution in [0, 0.1) is 5.82 Å². The molecule has 0 aliphatic rings. The standard InChI is InChI=1S/C15H13ClFNO/c16-14-10-12(17)6-7-13(14)15(19)18-9-8-11-4-2-1-3-5-11/h1-7,10H,8-9H2,(H,18,19). The fourth-order valence-electron chi connectivity index (χ4n) is 1.73. The summed E-state index contributed by atoms with van der Waals surface area (Å²) < 4.78 is 12.9. The first-order chi connectivity index (χ1) is 9.16. The van der Waals surface area contributed by atoms with E-state index in [1.807, 2.05) is 30.3 Å². The summed E-state index contributed by atoms with van der Waals surface area (Å²) in [5, 5.41) is 2.88. The van der Waals surface area contributed by atoms with Crippen LogP contribution in [0.4, 0.5) is 4.39 Å². The molecule has 0 heterocycles. The van der Waals surface area contributed by atoms with Gasteiger partial charge in [-0.2, -0.15) is 0 Å². The van der Waals surface area contributed by atoms with Gasteiger partial charge >= 0.3 is 0 Å². The molecular formula is C15H13ClFNO. The number of carbonyl (C=O) groups is 1. The Hall–Kier alpha value is -1.87. The summed E-state index contributed by atoms with van der Waals surface area (Å²) in [4.78, 5) is 11.8. The first kappa shape index (κ1) is 13.6. The molecule has 0 spiro atoms. The second kappa shape index (κ2) is 6.34. The molecule has 4 heteroatoms. The van der Waals surface area contributed by atoms with E-state index in [9.17, 15) is 9.18 Å². The van der Waals surface area contributed by atoms with Gasteiger partial charge in [-0.25, -0.2) is 4.39 Å². The van der Waals surface area contributed by atoms with Crippen LogP contribution in [0.25, 0.3) is 0 Å². The lowest BCUT2D eigenvalue weighted by Crippen LogP contribution is -2.26. The fraction of sp³-hybridized carbons (Fsp3) is 0.133. The van der Waals surface area contributed by atoms with Crippen molar-refractivity contribution in [2.75, 3.05) is 6.54 Å². The van der Waals surface area contributed by atoms with Gasteiger partial charge in [0.25, 0.3) is 5.91 Å². The zero-order valence-electron chi connectivity index (χ0n) is 10.2. The predicted octanol–water partition coefficient (Wildman–Crippen LogP) is 3.45. The zero-order chi connectivity index (χ0) is 13.7.